The van der Waals surface area contributed by atoms with Crippen molar-refractivity contribution >= 4 is 23.4 Å². The minimum absolute atomic E-state index is 0.0109. The first-order valence-corrected chi connectivity index (χ1v) is 9.57. The second-order valence-corrected chi connectivity index (χ2v) is 7.15. The van der Waals surface area contributed by atoms with Crippen LogP contribution in [0.3, 0.4) is 0 Å². The van der Waals surface area contributed by atoms with Gasteiger partial charge in [-0.15, -0.1) is 0 Å². The van der Waals surface area contributed by atoms with Crippen LogP contribution >= 0.6 is 0 Å². The van der Waals surface area contributed by atoms with E-state index in [0.717, 1.165) is 56.3 Å². The number of hydrogen-bond donors (Lipinski definition) is 2. The Kier molecular flexibility index (Phi) is 6.26. The highest BCUT2D eigenvalue weighted by atomic mass is 16.2. The first-order chi connectivity index (χ1) is 12.6. The van der Waals surface area contributed by atoms with Gasteiger partial charge >= 0.3 is 0 Å². The molecule has 1 aromatic carbocycles. The molecule has 140 valence electrons. The highest BCUT2D eigenvalue weighted by Crippen LogP contribution is 2.24. The normalized spacial score (nSPS) is 18.0. The molecule has 1 aliphatic heterocycles. The van der Waals surface area contributed by atoms with Gasteiger partial charge in [-0.3, -0.25) is 14.4 Å². The van der Waals surface area contributed by atoms with Gasteiger partial charge in [0.25, 0.3) is 0 Å². The molecule has 2 aliphatic rings. The fourth-order valence-electron chi connectivity index (χ4n) is 3.68. The van der Waals surface area contributed by atoms with Crippen molar-refractivity contribution < 1.29 is 14.4 Å². The topological polar surface area (TPSA) is 78.5 Å². The van der Waals surface area contributed by atoms with Crippen LogP contribution in [0.1, 0.15) is 50.5 Å². The number of benzene rings is 1. The molecule has 1 saturated heterocycles. The van der Waals surface area contributed by atoms with Crippen molar-refractivity contribution in [3.8, 4) is 0 Å². The van der Waals surface area contributed by atoms with Gasteiger partial charge in [0.1, 0.15) is 0 Å². The zero-order valence-corrected chi connectivity index (χ0v) is 15.1. The molecule has 0 radical (unpaired) electrons. The summed E-state index contributed by atoms with van der Waals surface area (Å²) in [4.78, 5) is 37.8. The van der Waals surface area contributed by atoms with Gasteiger partial charge < -0.3 is 15.5 Å². The third kappa shape index (κ3) is 4.84. The van der Waals surface area contributed by atoms with E-state index in [2.05, 4.69) is 10.6 Å². The summed E-state index contributed by atoms with van der Waals surface area (Å²) < 4.78 is 0. The molecular weight excluding hydrogens is 330 g/mol. The predicted molar refractivity (Wildman–Crippen MR) is 99.5 cm³/mol. The van der Waals surface area contributed by atoms with Crippen LogP contribution in [0.15, 0.2) is 24.3 Å². The van der Waals surface area contributed by atoms with Crippen molar-refractivity contribution in [3.63, 3.8) is 0 Å². The number of nitrogens with one attached hydrogen (secondary N) is 2. The Bertz CT molecular complexity index is 668. The lowest BCUT2D eigenvalue weighted by Crippen LogP contribution is -2.39. The maximum atomic E-state index is 12.0. The van der Waals surface area contributed by atoms with E-state index in [1.165, 1.54) is 0 Å². The average molecular weight is 357 g/mol. The summed E-state index contributed by atoms with van der Waals surface area (Å²) >= 11 is 0. The molecule has 6 heteroatoms. The lowest BCUT2D eigenvalue weighted by atomic mass is 10.1. The van der Waals surface area contributed by atoms with Gasteiger partial charge in [0.05, 0.1) is 6.54 Å². The minimum Gasteiger partial charge on any atom is -0.350 e. The van der Waals surface area contributed by atoms with Crippen molar-refractivity contribution in [1.29, 1.82) is 0 Å². The van der Waals surface area contributed by atoms with Crippen LogP contribution in [0.4, 0.5) is 5.69 Å². The number of carbonyl (C=O) groups is 3. The smallest absolute Gasteiger partial charge is 0.239 e. The molecule has 6 nitrogen and oxygen atoms in total. The first-order valence-electron chi connectivity index (χ1n) is 9.57. The monoisotopic (exact) mass is 357 g/mol. The van der Waals surface area contributed by atoms with Gasteiger partial charge in [-0.1, -0.05) is 25.0 Å². The maximum absolute atomic E-state index is 12.0. The Labute approximate surface area is 154 Å². The SMILES string of the molecule is O=C(CNC(=O)C1CCCC1)NCc1cccc(N2CCCCC2=O)c1. The standard InChI is InChI=1S/C20H27N3O3/c24-18(14-22-20(26)16-7-1-2-8-16)21-13-15-6-5-9-17(12-15)23-11-4-3-10-19(23)25/h5-6,9,12,16H,1-4,7-8,10-11,13-14H2,(H,21,24)(H,22,26). The Hall–Kier alpha value is -2.37. The van der Waals surface area contributed by atoms with Crippen LogP contribution in [0.25, 0.3) is 0 Å². The van der Waals surface area contributed by atoms with Crippen molar-refractivity contribution in [2.45, 2.75) is 51.5 Å². The van der Waals surface area contributed by atoms with Crippen LogP contribution in [0.5, 0.6) is 0 Å². The highest BCUT2D eigenvalue weighted by Gasteiger charge is 2.23. The maximum Gasteiger partial charge on any atom is 0.239 e. The molecule has 2 fully saturated rings. The van der Waals surface area contributed by atoms with Gasteiger partial charge in [-0.05, 0) is 43.4 Å². The molecule has 3 amide bonds. The molecule has 1 heterocycles. The van der Waals surface area contributed by atoms with Crippen molar-refractivity contribution in [2.24, 2.45) is 5.92 Å². The van der Waals surface area contributed by atoms with E-state index < -0.39 is 0 Å². The number of carbonyl (C=O) groups excluding carboxylic acids is 3. The molecule has 26 heavy (non-hydrogen) atoms. The van der Waals surface area contributed by atoms with Gasteiger partial charge in [-0.2, -0.15) is 0 Å². The largest absolute Gasteiger partial charge is 0.350 e. The summed E-state index contributed by atoms with van der Waals surface area (Å²) in [7, 11) is 0. The van der Waals surface area contributed by atoms with Gasteiger partial charge in [-0.25, -0.2) is 0 Å². The molecule has 1 aliphatic carbocycles. The fourth-order valence-corrected chi connectivity index (χ4v) is 3.68. The van der Waals surface area contributed by atoms with Gasteiger partial charge in [0.15, 0.2) is 0 Å². The molecule has 0 aromatic heterocycles. The molecule has 0 bridgehead atoms. The lowest BCUT2D eigenvalue weighted by molar-refractivity contribution is -0.128. The van der Waals surface area contributed by atoms with E-state index in [1.807, 2.05) is 29.2 Å². The Balaban J connectivity index is 1.46. The lowest BCUT2D eigenvalue weighted by Gasteiger charge is -2.27. The number of nitrogens with zero attached hydrogens (tertiary/aromatic N) is 1. The first kappa shape index (κ1) is 18.4. The number of amides is 3. The van der Waals surface area contributed by atoms with E-state index in [1.54, 1.807) is 0 Å². The Morgan fingerprint density at radius 3 is 2.65 bits per heavy atom. The van der Waals surface area contributed by atoms with Crippen LogP contribution < -0.4 is 15.5 Å². The average Bonchev–Trinajstić information content (AvgIpc) is 3.20. The van der Waals surface area contributed by atoms with Gasteiger partial charge in [0, 0.05) is 31.1 Å². The van der Waals surface area contributed by atoms with Crippen molar-refractivity contribution in [2.75, 3.05) is 18.0 Å². The molecule has 2 N–H and O–H groups in total. The summed E-state index contributed by atoms with van der Waals surface area (Å²) in [5, 5.41) is 5.55. The zero-order chi connectivity index (χ0) is 18.4. The molecule has 1 saturated carbocycles. The quantitative estimate of drug-likeness (QED) is 0.819. The van der Waals surface area contributed by atoms with Crippen LogP contribution in [0, 0.1) is 5.92 Å². The number of rotatable bonds is 6. The van der Waals surface area contributed by atoms with E-state index in [4.69, 9.17) is 0 Å². The van der Waals surface area contributed by atoms with Crippen LogP contribution in [0.2, 0.25) is 0 Å². The highest BCUT2D eigenvalue weighted by molar-refractivity contribution is 5.94. The molecule has 1 aromatic rings. The summed E-state index contributed by atoms with van der Waals surface area (Å²) in [5.74, 6) is 0.0210. The zero-order valence-electron chi connectivity index (χ0n) is 15.1. The third-order valence-electron chi connectivity index (χ3n) is 5.18. The number of hydrogen-bond acceptors (Lipinski definition) is 3. The van der Waals surface area contributed by atoms with Crippen molar-refractivity contribution in [3.05, 3.63) is 29.8 Å². The molecule has 0 unspecified atom stereocenters. The fraction of sp³-hybridized carbons (Fsp3) is 0.550. The van der Waals surface area contributed by atoms with Crippen LogP contribution in [-0.2, 0) is 20.9 Å². The summed E-state index contributed by atoms with van der Waals surface area (Å²) in [6.07, 6.45) is 6.62. The Morgan fingerprint density at radius 1 is 1.08 bits per heavy atom. The van der Waals surface area contributed by atoms with Crippen LogP contribution in [-0.4, -0.2) is 30.8 Å². The summed E-state index contributed by atoms with van der Waals surface area (Å²) in [5.41, 5.74) is 1.83. The van der Waals surface area contributed by atoms with E-state index in [0.29, 0.717) is 13.0 Å². The minimum atomic E-state index is -0.198. The molecule has 0 spiro atoms. The van der Waals surface area contributed by atoms with Crippen molar-refractivity contribution in [1.82, 2.24) is 10.6 Å². The predicted octanol–water partition coefficient (Wildman–Crippen LogP) is 2.13. The third-order valence-corrected chi connectivity index (χ3v) is 5.18. The molecular formula is C20H27N3O3. The van der Waals surface area contributed by atoms with Gasteiger partial charge in [0.2, 0.25) is 17.7 Å². The van der Waals surface area contributed by atoms with E-state index >= 15 is 0 Å². The van der Waals surface area contributed by atoms with E-state index in [-0.39, 0.29) is 30.2 Å². The second kappa shape index (κ2) is 8.83. The molecule has 3 rings (SSSR count). The van der Waals surface area contributed by atoms with E-state index in [9.17, 15) is 14.4 Å². The summed E-state index contributed by atoms with van der Waals surface area (Å²) in [6.45, 7) is 1.15. The second-order valence-electron chi connectivity index (χ2n) is 7.15. The Morgan fingerprint density at radius 2 is 1.88 bits per heavy atom. The number of piperidine rings is 1. The number of anilines is 1. The molecule has 0 atom stereocenters. The summed E-state index contributed by atoms with van der Waals surface area (Å²) in [6, 6.07) is 7.70.